The SMILES string of the molecule is CSc1n[nH]c(-c2ccc(C)cc2)n1. The molecular weight excluding hydrogens is 194 g/mol. The summed E-state index contributed by atoms with van der Waals surface area (Å²) in [5.74, 6) is 0.828. The molecule has 4 heteroatoms. The molecule has 3 nitrogen and oxygen atoms in total. The molecule has 14 heavy (non-hydrogen) atoms. The van der Waals surface area contributed by atoms with Crippen molar-refractivity contribution in [1.29, 1.82) is 0 Å². The van der Waals surface area contributed by atoms with Crippen molar-refractivity contribution in [3.05, 3.63) is 29.8 Å². The smallest absolute Gasteiger partial charge is 0.208 e. The highest BCUT2D eigenvalue weighted by Crippen LogP contribution is 2.17. The summed E-state index contributed by atoms with van der Waals surface area (Å²) in [7, 11) is 0. The Bertz CT molecular complexity index is 419. The average molecular weight is 205 g/mol. The number of nitrogens with one attached hydrogen (secondary N) is 1. The molecule has 0 saturated heterocycles. The summed E-state index contributed by atoms with van der Waals surface area (Å²) in [4.78, 5) is 4.32. The number of rotatable bonds is 2. The average Bonchev–Trinajstić information content (AvgIpc) is 2.67. The number of nitrogens with zero attached hydrogens (tertiary/aromatic N) is 2. The standard InChI is InChI=1S/C10H11N3S/c1-7-3-5-8(6-4-7)9-11-10(14-2)13-12-9/h3-6H,1-2H3,(H,11,12,13). The number of aryl methyl sites for hydroxylation is 1. The van der Waals surface area contributed by atoms with Gasteiger partial charge in [0.25, 0.3) is 0 Å². The molecule has 2 aromatic rings. The van der Waals surface area contributed by atoms with Crippen molar-refractivity contribution >= 4 is 11.8 Å². The van der Waals surface area contributed by atoms with Gasteiger partial charge in [-0.3, -0.25) is 5.10 Å². The Morgan fingerprint density at radius 3 is 2.50 bits per heavy atom. The Labute approximate surface area is 87.0 Å². The van der Waals surface area contributed by atoms with Crippen LogP contribution in [0.15, 0.2) is 29.4 Å². The lowest BCUT2D eigenvalue weighted by atomic mass is 10.1. The van der Waals surface area contributed by atoms with Crippen LogP contribution in [0.3, 0.4) is 0 Å². The van der Waals surface area contributed by atoms with E-state index in [1.807, 2.05) is 18.4 Å². The topological polar surface area (TPSA) is 41.6 Å². The third kappa shape index (κ3) is 1.80. The second-order valence-corrected chi connectivity index (χ2v) is 3.81. The molecule has 0 bridgehead atoms. The van der Waals surface area contributed by atoms with E-state index in [1.165, 1.54) is 17.3 Å². The van der Waals surface area contributed by atoms with Gasteiger partial charge >= 0.3 is 0 Å². The Kier molecular flexibility index (Phi) is 2.54. The van der Waals surface area contributed by atoms with Gasteiger partial charge in [0.05, 0.1) is 0 Å². The number of benzene rings is 1. The predicted octanol–water partition coefficient (Wildman–Crippen LogP) is 2.50. The van der Waals surface area contributed by atoms with E-state index in [9.17, 15) is 0 Å². The van der Waals surface area contributed by atoms with Gasteiger partial charge in [-0.25, -0.2) is 4.98 Å². The molecule has 72 valence electrons. The lowest BCUT2D eigenvalue weighted by Gasteiger charge is -1.95. The molecule has 0 aliphatic carbocycles. The monoisotopic (exact) mass is 205 g/mol. The van der Waals surface area contributed by atoms with Crippen LogP contribution in [-0.2, 0) is 0 Å². The Morgan fingerprint density at radius 1 is 1.21 bits per heavy atom. The second kappa shape index (κ2) is 3.84. The van der Waals surface area contributed by atoms with Gasteiger partial charge in [0.1, 0.15) is 0 Å². The number of aromatic nitrogens is 3. The summed E-state index contributed by atoms with van der Waals surface area (Å²) in [5, 5.41) is 7.75. The summed E-state index contributed by atoms with van der Waals surface area (Å²) < 4.78 is 0. The van der Waals surface area contributed by atoms with Gasteiger partial charge in [-0.15, -0.1) is 5.10 Å². The summed E-state index contributed by atoms with van der Waals surface area (Å²) in [6, 6.07) is 8.22. The Balaban J connectivity index is 2.34. The lowest BCUT2D eigenvalue weighted by Crippen LogP contribution is -1.80. The minimum absolute atomic E-state index is 0.778. The molecule has 0 amide bonds. The molecule has 2 rings (SSSR count). The molecule has 1 N–H and O–H groups in total. The molecule has 1 aromatic heterocycles. The molecule has 0 saturated carbocycles. The maximum Gasteiger partial charge on any atom is 0.208 e. The lowest BCUT2D eigenvalue weighted by molar-refractivity contribution is 0.976. The fraction of sp³-hybridized carbons (Fsp3) is 0.200. The maximum atomic E-state index is 4.32. The Hall–Kier alpha value is -1.29. The van der Waals surface area contributed by atoms with E-state index in [-0.39, 0.29) is 0 Å². The van der Waals surface area contributed by atoms with Crippen LogP contribution in [0.2, 0.25) is 0 Å². The molecule has 0 spiro atoms. The third-order valence-corrected chi connectivity index (χ3v) is 2.52. The summed E-state index contributed by atoms with van der Waals surface area (Å²) in [5.41, 5.74) is 2.32. The highest BCUT2D eigenvalue weighted by Gasteiger charge is 2.03. The van der Waals surface area contributed by atoms with Crippen molar-refractivity contribution in [3.8, 4) is 11.4 Å². The van der Waals surface area contributed by atoms with Gasteiger partial charge in [0.15, 0.2) is 5.82 Å². The van der Waals surface area contributed by atoms with Crippen LogP contribution in [0.25, 0.3) is 11.4 Å². The molecule has 1 aromatic carbocycles. The number of hydrogen-bond acceptors (Lipinski definition) is 3. The van der Waals surface area contributed by atoms with Gasteiger partial charge < -0.3 is 0 Å². The largest absolute Gasteiger partial charge is 0.258 e. The second-order valence-electron chi connectivity index (χ2n) is 3.04. The first-order valence-corrected chi connectivity index (χ1v) is 5.55. The van der Waals surface area contributed by atoms with E-state index < -0.39 is 0 Å². The van der Waals surface area contributed by atoms with Crippen LogP contribution in [0.5, 0.6) is 0 Å². The molecular formula is C10H11N3S. The molecule has 0 radical (unpaired) electrons. The summed E-state index contributed by atoms with van der Waals surface area (Å²) >= 11 is 1.53. The third-order valence-electron chi connectivity index (χ3n) is 1.97. The molecule has 0 fully saturated rings. The van der Waals surface area contributed by atoms with Gasteiger partial charge in [0.2, 0.25) is 5.16 Å². The molecule has 1 heterocycles. The van der Waals surface area contributed by atoms with Crippen molar-refractivity contribution in [2.45, 2.75) is 12.1 Å². The van der Waals surface area contributed by atoms with E-state index in [1.54, 1.807) is 0 Å². The van der Waals surface area contributed by atoms with Crippen LogP contribution in [0, 0.1) is 6.92 Å². The van der Waals surface area contributed by atoms with Gasteiger partial charge in [-0.1, -0.05) is 41.6 Å². The first kappa shape index (κ1) is 9.27. The van der Waals surface area contributed by atoms with E-state index in [4.69, 9.17) is 0 Å². The van der Waals surface area contributed by atoms with E-state index in [2.05, 4.69) is 34.2 Å². The molecule has 0 unspecified atom stereocenters. The number of hydrogen-bond donors (Lipinski definition) is 1. The number of thioether (sulfide) groups is 1. The van der Waals surface area contributed by atoms with E-state index >= 15 is 0 Å². The van der Waals surface area contributed by atoms with Crippen molar-refractivity contribution in [2.24, 2.45) is 0 Å². The number of aromatic amines is 1. The van der Waals surface area contributed by atoms with E-state index in [0.29, 0.717) is 0 Å². The zero-order valence-corrected chi connectivity index (χ0v) is 8.93. The first-order chi connectivity index (χ1) is 6.79. The molecule has 0 aliphatic heterocycles. The Morgan fingerprint density at radius 2 is 1.93 bits per heavy atom. The fourth-order valence-corrected chi connectivity index (χ4v) is 1.50. The van der Waals surface area contributed by atoms with Crippen LogP contribution in [0.1, 0.15) is 5.56 Å². The van der Waals surface area contributed by atoms with E-state index in [0.717, 1.165) is 16.5 Å². The van der Waals surface area contributed by atoms with Crippen molar-refractivity contribution in [3.63, 3.8) is 0 Å². The predicted molar refractivity (Wildman–Crippen MR) is 58.3 cm³/mol. The quantitative estimate of drug-likeness (QED) is 0.766. The van der Waals surface area contributed by atoms with Crippen molar-refractivity contribution in [1.82, 2.24) is 15.2 Å². The van der Waals surface area contributed by atoms with Crippen molar-refractivity contribution < 1.29 is 0 Å². The minimum Gasteiger partial charge on any atom is -0.258 e. The van der Waals surface area contributed by atoms with Crippen LogP contribution in [0.4, 0.5) is 0 Å². The minimum atomic E-state index is 0.778. The van der Waals surface area contributed by atoms with Crippen LogP contribution >= 0.6 is 11.8 Å². The highest BCUT2D eigenvalue weighted by atomic mass is 32.2. The zero-order chi connectivity index (χ0) is 9.97. The first-order valence-electron chi connectivity index (χ1n) is 4.33. The van der Waals surface area contributed by atoms with Crippen LogP contribution in [-0.4, -0.2) is 21.4 Å². The zero-order valence-electron chi connectivity index (χ0n) is 8.11. The van der Waals surface area contributed by atoms with Gasteiger partial charge in [-0.05, 0) is 13.2 Å². The fourth-order valence-electron chi connectivity index (χ4n) is 1.18. The van der Waals surface area contributed by atoms with Crippen molar-refractivity contribution in [2.75, 3.05) is 6.26 Å². The number of H-pyrrole nitrogens is 1. The highest BCUT2D eigenvalue weighted by molar-refractivity contribution is 7.98. The van der Waals surface area contributed by atoms with Gasteiger partial charge in [0, 0.05) is 5.56 Å². The van der Waals surface area contributed by atoms with Crippen LogP contribution < -0.4 is 0 Å². The maximum absolute atomic E-state index is 4.32. The molecule has 0 aliphatic rings. The summed E-state index contributed by atoms with van der Waals surface area (Å²) in [6.45, 7) is 2.07. The molecule has 0 atom stereocenters. The normalized spacial score (nSPS) is 10.4. The van der Waals surface area contributed by atoms with Gasteiger partial charge in [-0.2, -0.15) is 0 Å². The summed E-state index contributed by atoms with van der Waals surface area (Å²) in [6.07, 6.45) is 1.96.